The maximum atomic E-state index is 13.9. The number of benzene rings is 8. The third-order valence-electron chi connectivity index (χ3n) is 20.5. The monoisotopic (exact) mass is 1710 g/mol. The Kier molecular flexibility index (Phi) is 22.4. The van der Waals surface area contributed by atoms with Crippen LogP contribution in [0, 0.1) is 12.2 Å². The van der Waals surface area contributed by atoms with Crippen molar-refractivity contribution in [3.8, 4) is 22.7 Å². The van der Waals surface area contributed by atoms with Gasteiger partial charge in [0.15, 0.2) is 34.4 Å². The molecule has 0 aliphatic carbocycles. The van der Waals surface area contributed by atoms with Crippen molar-refractivity contribution in [3.63, 3.8) is 0 Å². The van der Waals surface area contributed by atoms with Crippen LogP contribution < -0.4 is 49.2 Å². The number of nitrogens with one attached hydrogen (secondary N) is 8. The second-order valence-corrected chi connectivity index (χ2v) is 30.0. The molecule has 20 aromatic rings. The fourth-order valence-corrected chi connectivity index (χ4v) is 15.9. The summed E-state index contributed by atoms with van der Waals surface area (Å²) < 4.78 is 34.1. The number of nitrogens with two attached hydrogens (primary N) is 1. The van der Waals surface area contributed by atoms with Gasteiger partial charge in [-0.25, -0.2) is 29.9 Å². The highest BCUT2D eigenvalue weighted by Crippen LogP contribution is 2.35. The Labute approximate surface area is 714 Å². The first-order valence-corrected chi connectivity index (χ1v) is 39.8. The zero-order chi connectivity index (χ0) is 85.3. The van der Waals surface area contributed by atoms with Crippen molar-refractivity contribution in [2.45, 2.75) is 51.9 Å². The van der Waals surface area contributed by atoms with Crippen LogP contribution in [0.15, 0.2) is 275 Å². The van der Waals surface area contributed by atoms with E-state index in [1.807, 2.05) is 222 Å². The Hall–Kier alpha value is -15.1. The van der Waals surface area contributed by atoms with Crippen molar-refractivity contribution in [3.05, 3.63) is 352 Å². The standard InChI is InChI=1S/C23H18ClN5O.2C22H16ClFN6O.C22H18ClN7O/c1-14(28-22-17-10-11-25-21(17)26-13-27-22)19-12-15-6-5-9-18(24)20(15)23(30)29(19)16-7-3-2-4-8-16;1-12(27-19-18-20(26-11-25-19)29-22(24)28-18)16-10-13-6-5-9-15(23)17(13)21(31)30(16)14-7-3-2-4-8-14;2*1-12(27-20-18-19(26-11-25-18)28-22(24)29-20)16-10-13-6-5-9-15(23)17(13)21(31)30(16)14-7-3-2-4-8-14/h2-14H,1H3,(H2,25,26,27,28);2*2-12H,1H3,(H2,25,26,27,28,29);2-12H,1H3,(H4,24,25,26,27,28,29)/t14-;3*12-/m0000/s1. The number of hydrogen-bond donors (Lipinski definition) is 9. The number of aromatic nitrogens is 19. The van der Waals surface area contributed by atoms with Gasteiger partial charge in [-0.05, 0) is 152 Å². The average molecular weight is 1720 g/mol. The number of pyridine rings is 4. The van der Waals surface area contributed by atoms with Gasteiger partial charge in [0.05, 0.1) is 83.8 Å². The molecular weight excluding hydrogens is 1650 g/mol. The number of H-pyrrole nitrogens is 4. The Morgan fingerprint density at radius 2 is 0.707 bits per heavy atom. The molecule has 12 heterocycles. The highest BCUT2D eigenvalue weighted by molar-refractivity contribution is 6.37. The van der Waals surface area contributed by atoms with Crippen molar-refractivity contribution in [2.24, 2.45) is 0 Å². The molecule has 0 saturated carbocycles. The minimum Gasteiger partial charge on any atom is -0.368 e. The van der Waals surface area contributed by atoms with Gasteiger partial charge in [-0.3, -0.25) is 37.4 Å². The van der Waals surface area contributed by atoms with Gasteiger partial charge in [0.2, 0.25) is 5.95 Å². The summed E-state index contributed by atoms with van der Waals surface area (Å²) in [6.07, 6.45) is 5.97. The van der Waals surface area contributed by atoms with E-state index in [-0.39, 0.29) is 63.4 Å². The first-order valence-electron chi connectivity index (χ1n) is 38.3. The molecule has 20 rings (SSSR count). The summed E-state index contributed by atoms with van der Waals surface area (Å²) in [5.41, 5.74) is 14.0. The van der Waals surface area contributed by atoms with Gasteiger partial charge < -0.3 is 46.9 Å². The number of hydrogen-bond acceptors (Lipinski definition) is 20. The Morgan fingerprint density at radius 1 is 0.358 bits per heavy atom. The van der Waals surface area contributed by atoms with Crippen LogP contribution in [-0.4, -0.2) is 93.0 Å². The largest absolute Gasteiger partial charge is 0.368 e. The van der Waals surface area contributed by atoms with Crippen molar-refractivity contribution in [2.75, 3.05) is 27.0 Å². The van der Waals surface area contributed by atoms with Gasteiger partial charge >= 0.3 is 6.08 Å². The van der Waals surface area contributed by atoms with Gasteiger partial charge in [-0.2, -0.15) is 33.7 Å². The highest BCUT2D eigenvalue weighted by atomic mass is 35.5. The van der Waals surface area contributed by atoms with Crippen LogP contribution in [-0.2, 0) is 0 Å². The van der Waals surface area contributed by atoms with Crippen molar-refractivity contribution >= 4 is 163 Å². The van der Waals surface area contributed by atoms with E-state index in [1.165, 1.54) is 25.3 Å². The number of halogens is 6. The van der Waals surface area contributed by atoms with Gasteiger partial charge in [0.1, 0.15) is 40.7 Å². The SMILES string of the molecule is C[C@H](Nc1nc(F)nc2nc[nH]c12)c1cc2cccc(Cl)c2c(=O)n1-c1ccccc1.C[C@H](Nc1nc(N)nc2nc[nH]c12)c1cc2cccc(Cl)c2c(=O)n1-c1ccccc1.C[C@H](Nc1ncnc2[nH]ccc12)c1cc2cccc(Cl)c2c(=O)n1-c1ccccc1.C[C@H](Nc1ncnc2nc(F)[nH]c12)c1cc2cccc(Cl)c2c(=O)n1-c1ccccc1. The molecule has 0 unspecified atom stereocenters. The van der Waals surface area contributed by atoms with Crippen molar-refractivity contribution < 1.29 is 8.78 Å². The number of aromatic amines is 4. The predicted octanol–water partition coefficient (Wildman–Crippen LogP) is 18.4. The molecule has 8 aromatic carbocycles. The van der Waals surface area contributed by atoms with Gasteiger partial charge in [0, 0.05) is 51.7 Å². The van der Waals surface area contributed by atoms with Gasteiger partial charge in [-0.1, -0.05) is 168 Å². The molecule has 0 bridgehead atoms. The van der Waals surface area contributed by atoms with Crippen LogP contribution >= 0.6 is 46.4 Å². The first kappa shape index (κ1) is 80.3. The summed E-state index contributed by atoms with van der Waals surface area (Å²) in [7, 11) is 0. The fourth-order valence-electron chi connectivity index (χ4n) is 14.9. The van der Waals surface area contributed by atoms with E-state index in [4.69, 9.17) is 52.1 Å². The molecule has 28 nitrogen and oxygen atoms in total. The minimum atomic E-state index is -0.889. The lowest BCUT2D eigenvalue weighted by Crippen LogP contribution is -2.26. The molecule has 10 N–H and O–H groups in total. The van der Waals surface area contributed by atoms with Crippen LogP contribution in [0.5, 0.6) is 0 Å². The second-order valence-electron chi connectivity index (χ2n) is 28.3. The molecule has 34 heteroatoms. The topological polar surface area (TPSA) is 367 Å². The zero-order valence-electron chi connectivity index (χ0n) is 65.2. The van der Waals surface area contributed by atoms with E-state index in [9.17, 15) is 28.0 Å². The van der Waals surface area contributed by atoms with E-state index < -0.39 is 18.2 Å². The maximum absolute atomic E-state index is 13.9. The van der Waals surface area contributed by atoms with E-state index in [2.05, 4.69) is 96.0 Å². The van der Waals surface area contributed by atoms with Crippen molar-refractivity contribution in [1.82, 2.24) is 93.0 Å². The third-order valence-corrected chi connectivity index (χ3v) is 21.8. The Balaban J connectivity index is 0.000000116. The van der Waals surface area contributed by atoms with Crippen molar-refractivity contribution in [1.29, 1.82) is 0 Å². The van der Waals surface area contributed by atoms with Crippen LogP contribution in [0.3, 0.4) is 0 Å². The van der Waals surface area contributed by atoms with Crippen LogP contribution in [0.25, 0.3) is 110 Å². The summed E-state index contributed by atoms with van der Waals surface area (Å²) in [6.45, 7) is 7.72. The lowest BCUT2D eigenvalue weighted by molar-refractivity contribution is 0.544. The molecule has 0 aliphatic rings. The van der Waals surface area contributed by atoms with E-state index in [0.717, 1.165) is 50.0 Å². The van der Waals surface area contributed by atoms with E-state index >= 15 is 0 Å². The summed E-state index contributed by atoms with van der Waals surface area (Å²) >= 11 is 25.5. The molecular formula is C89H68Cl4F2N24O4. The number of para-hydroxylation sites is 4. The molecule has 12 aromatic heterocycles. The normalized spacial score (nSPS) is 12.3. The lowest BCUT2D eigenvalue weighted by Gasteiger charge is -2.21. The van der Waals surface area contributed by atoms with E-state index in [1.54, 1.807) is 54.7 Å². The predicted molar refractivity (Wildman–Crippen MR) is 480 cm³/mol. The number of nitrogen functional groups attached to an aromatic ring is 1. The molecule has 0 spiro atoms. The summed E-state index contributed by atoms with van der Waals surface area (Å²) in [4.78, 5) is 110. The Bertz CT molecular complexity index is 7440. The van der Waals surface area contributed by atoms with Crippen LogP contribution in [0.4, 0.5) is 38.0 Å². The van der Waals surface area contributed by atoms with Gasteiger partial charge in [0.25, 0.3) is 28.3 Å². The lowest BCUT2D eigenvalue weighted by atomic mass is 10.1. The number of anilines is 5. The quantitative estimate of drug-likeness (QED) is 0.0320. The number of imidazole rings is 3. The fraction of sp³-hybridized carbons (Fsp3) is 0.0899. The molecule has 4 atom stereocenters. The Morgan fingerprint density at radius 3 is 1.11 bits per heavy atom. The highest BCUT2D eigenvalue weighted by Gasteiger charge is 2.26. The van der Waals surface area contributed by atoms with E-state index in [0.29, 0.717) is 109 Å². The molecule has 123 heavy (non-hydrogen) atoms. The average Bonchev–Trinajstić information content (AvgIpc) is 1.64. The van der Waals surface area contributed by atoms with Crippen LogP contribution in [0.1, 0.15) is 74.6 Å². The van der Waals surface area contributed by atoms with Gasteiger partial charge in [-0.15, -0.1) is 0 Å². The molecule has 610 valence electrons. The summed E-state index contributed by atoms with van der Waals surface area (Å²) in [6, 6.07) is 67.6. The summed E-state index contributed by atoms with van der Waals surface area (Å²) in [5, 5.41) is 20.6. The minimum absolute atomic E-state index is 0.111. The third kappa shape index (κ3) is 16.0. The molecule has 0 radical (unpaired) electrons. The number of nitrogens with zero attached hydrogens (tertiary/aromatic N) is 15. The maximum Gasteiger partial charge on any atom is 0.312 e. The molecule has 0 saturated heterocycles. The number of fused-ring (bicyclic) bond motifs is 8. The number of rotatable bonds is 16. The zero-order valence-corrected chi connectivity index (χ0v) is 68.3. The van der Waals surface area contributed by atoms with Crippen LogP contribution in [0.2, 0.25) is 20.1 Å². The molecule has 0 aliphatic heterocycles. The molecule has 0 amide bonds. The second kappa shape index (κ2) is 34.3. The smallest absolute Gasteiger partial charge is 0.312 e. The molecule has 0 fully saturated rings. The summed E-state index contributed by atoms with van der Waals surface area (Å²) in [5.74, 6) is 1.95. The first-order chi connectivity index (χ1) is 59.7.